The minimum atomic E-state index is -4.28. The fourth-order valence-corrected chi connectivity index (χ4v) is 4.03. The summed E-state index contributed by atoms with van der Waals surface area (Å²) in [5.41, 5.74) is -1.41. The third kappa shape index (κ3) is 4.47. The number of carbonyl (C=O) groups is 3. The van der Waals surface area contributed by atoms with Crippen molar-refractivity contribution in [2.24, 2.45) is 5.92 Å². The van der Waals surface area contributed by atoms with Crippen molar-refractivity contribution < 1.29 is 32.6 Å². The predicted octanol–water partition coefficient (Wildman–Crippen LogP) is 1.13. The van der Waals surface area contributed by atoms with Crippen LogP contribution in [0.2, 0.25) is 0 Å². The number of methoxy groups -OCH3 is 1. The fraction of sp³-hybridized carbons (Fsp3) is 0.471. The molecule has 0 aliphatic heterocycles. The number of carboxylic acid groups (broad SMARTS) is 1. The lowest BCUT2D eigenvalue weighted by atomic mass is 9.81. The highest BCUT2D eigenvalue weighted by molar-refractivity contribution is 7.89. The summed E-state index contributed by atoms with van der Waals surface area (Å²) in [4.78, 5) is 34.1. The first-order valence-corrected chi connectivity index (χ1v) is 9.30. The second-order valence-electron chi connectivity index (χ2n) is 6.65. The Morgan fingerprint density at radius 2 is 1.85 bits per heavy atom. The molecule has 0 radical (unpaired) electrons. The Balaban J connectivity index is 3.59. The number of ether oxygens (including phenoxy) is 1. The lowest BCUT2D eigenvalue weighted by Gasteiger charge is -2.26. The molecule has 1 aromatic carbocycles. The molecule has 0 aliphatic rings. The van der Waals surface area contributed by atoms with E-state index in [1.807, 2.05) is 0 Å². The second-order valence-corrected chi connectivity index (χ2v) is 8.33. The molecule has 0 amide bonds. The fourth-order valence-electron chi connectivity index (χ4n) is 2.34. The van der Waals surface area contributed by atoms with E-state index < -0.39 is 39.2 Å². The van der Waals surface area contributed by atoms with Gasteiger partial charge in [-0.3, -0.25) is 14.4 Å². The average molecular weight is 385 g/mol. The van der Waals surface area contributed by atoms with Crippen LogP contribution in [0.5, 0.6) is 5.75 Å². The Labute approximate surface area is 152 Å². The number of rotatable bonds is 9. The molecule has 26 heavy (non-hydrogen) atoms. The minimum Gasteiger partial charge on any atom is -0.497 e. The van der Waals surface area contributed by atoms with Gasteiger partial charge in [0.25, 0.3) is 0 Å². The molecule has 0 aliphatic carbocycles. The molecule has 0 saturated carbocycles. The van der Waals surface area contributed by atoms with E-state index in [1.54, 1.807) is 13.8 Å². The number of hydrogen-bond donors (Lipinski definition) is 2. The highest BCUT2D eigenvalue weighted by Gasteiger charge is 2.37. The van der Waals surface area contributed by atoms with Crippen molar-refractivity contribution in [1.29, 1.82) is 0 Å². The van der Waals surface area contributed by atoms with Crippen LogP contribution in [0.3, 0.4) is 0 Å². The number of ketones is 1. The van der Waals surface area contributed by atoms with Crippen LogP contribution in [-0.2, 0) is 29.8 Å². The molecule has 0 aromatic heterocycles. The Morgan fingerprint density at radius 1 is 1.27 bits per heavy atom. The van der Waals surface area contributed by atoms with Crippen LogP contribution in [0.4, 0.5) is 0 Å². The zero-order valence-electron chi connectivity index (χ0n) is 15.3. The van der Waals surface area contributed by atoms with Crippen LogP contribution in [-0.4, -0.2) is 44.7 Å². The molecule has 2 N–H and O–H groups in total. The summed E-state index contributed by atoms with van der Waals surface area (Å²) < 4.78 is 32.9. The molecular weight excluding hydrogens is 362 g/mol. The van der Waals surface area contributed by atoms with Gasteiger partial charge in [-0.15, -0.1) is 0 Å². The molecule has 1 aromatic rings. The maximum atomic E-state index is 12.8. The Morgan fingerprint density at radius 3 is 2.27 bits per heavy atom. The van der Waals surface area contributed by atoms with Crippen molar-refractivity contribution in [3.63, 3.8) is 0 Å². The van der Waals surface area contributed by atoms with Gasteiger partial charge in [-0.1, -0.05) is 13.8 Å². The van der Waals surface area contributed by atoms with E-state index in [1.165, 1.54) is 39.2 Å². The number of hydrogen-bond acceptors (Lipinski definition) is 6. The first kappa shape index (κ1) is 21.8. The molecular formula is C17H23NO7S. The lowest BCUT2D eigenvalue weighted by Crippen LogP contribution is -2.45. The number of Topliss-reactive ketones (excluding diaryl/α,β-unsaturated/α-hetero) is 1. The van der Waals surface area contributed by atoms with Gasteiger partial charge in [0.1, 0.15) is 11.8 Å². The molecule has 9 heteroatoms. The second kappa shape index (κ2) is 7.96. The zero-order chi connectivity index (χ0) is 20.3. The van der Waals surface area contributed by atoms with Crippen molar-refractivity contribution in [1.82, 2.24) is 4.72 Å². The highest BCUT2D eigenvalue weighted by Crippen LogP contribution is 2.33. The van der Waals surface area contributed by atoms with Crippen molar-refractivity contribution >= 4 is 28.1 Å². The normalized spacial score (nSPS) is 13.3. The van der Waals surface area contributed by atoms with Crippen LogP contribution in [0.25, 0.3) is 0 Å². The van der Waals surface area contributed by atoms with Crippen LogP contribution >= 0.6 is 0 Å². The van der Waals surface area contributed by atoms with Crippen LogP contribution in [0.15, 0.2) is 23.1 Å². The van der Waals surface area contributed by atoms with Crippen LogP contribution in [0, 0.1) is 5.92 Å². The van der Waals surface area contributed by atoms with Gasteiger partial charge < -0.3 is 9.84 Å². The zero-order valence-corrected chi connectivity index (χ0v) is 16.1. The number of carbonyl (C=O) groups excluding carboxylic acids is 2. The van der Waals surface area contributed by atoms with Gasteiger partial charge in [0.15, 0.2) is 6.29 Å². The highest BCUT2D eigenvalue weighted by atomic mass is 32.2. The quantitative estimate of drug-likeness (QED) is 0.482. The van der Waals surface area contributed by atoms with Crippen molar-refractivity contribution in [2.75, 3.05) is 7.11 Å². The molecule has 1 atom stereocenters. The maximum absolute atomic E-state index is 12.8. The van der Waals surface area contributed by atoms with E-state index in [2.05, 4.69) is 4.72 Å². The first-order chi connectivity index (χ1) is 11.9. The summed E-state index contributed by atoms with van der Waals surface area (Å²) in [6.07, 6.45) is 0.122. The Bertz CT molecular complexity index is 812. The summed E-state index contributed by atoms with van der Waals surface area (Å²) in [6.45, 7) is 5.95. The monoisotopic (exact) mass is 385 g/mol. The van der Waals surface area contributed by atoms with Crippen LogP contribution in [0.1, 0.15) is 33.3 Å². The molecule has 0 heterocycles. The molecule has 0 saturated heterocycles. The van der Waals surface area contributed by atoms with E-state index in [4.69, 9.17) is 4.74 Å². The molecule has 144 valence electrons. The Kier molecular flexibility index (Phi) is 6.67. The number of aliphatic carboxylic acids is 1. The third-order valence-electron chi connectivity index (χ3n) is 4.09. The number of nitrogens with one attached hydrogen (secondary N) is 1. The molecule has 1 rings (SSSR count). The summed E-state index contributed by atoms with van der Waals surface area (Å²) in [5, 5.41) is 9.24. The lowest BCUT2D eigenvalue weighted by molar-refractivity contribution is -0.140. The molecule has 1 unspecified atom stereocenters. The van der Waals surface area contributed by atoms with Crippen LogP contribution < -0.4 is 9.46 Å². The first-order valence-electron chi connectivity index (χ1n) is 7.81. The van der Waals surface area contributed by atoms with Crippen molar-refractivity contribution in [3.8, 4) is 5.75 Å². The van der Waals surface area contributed by atoms with E-state index >= 15 is 0 Å². The largest absolute Gasteiger partial charge is 0.497 e. The van der Waals surface area contributed by atoms with Gasteiger partial charge in [-0.25, -0.2) is 8.42 Å². The predicted molar refractivity (Wildman–Crippen MR) is 93.7 cm³/mol. The summed E-state index contributed by atoms with van der Waals surface area (Å²) in [6, 6.07) is 2.60. The third-order valence-corrected chi connectivity index (χ3v) is 5.59. The topological polar surface area (TPSA) is 127 Å². The standard InChI is InChI=1S/C17H23NO7S/c1-10(2)15(16(21)22)18-26(23,24)13-7-6-11(25-5)8-12(13)17(3,4)14(20)9-19/h6-10,15,18H,1-5H3,(H,21,22). The summed E-state index contributed by atoms with van der Waals surface area (Å²) in [5.74, 6) is -2.35. The number of carboxylic acids is 1. The van der Waals surface area contributed by atoms with Gasteiger partial charge >= 0.3 is 5.97 Å². The summed E-state index contributed by atoms with van der Waals surface area (Å²) >= 11 is 0. The van der Waals surface area contributed by atoms with Gasteiger partial charge in [-0.2, -0.15) is 4.72 Å². The van der Waals surface area contributed by atoms with Gasteiger partial charge in [0.05, 0.1) is 17.4 Å². The van der Waals surface area contributed by atoms with Gasteiger partial charge in [-0.05, 0) is 43.5 Å². The number of sulfonamides is 1. The smallest absolute Gasteiger partial charge is 0.322 e. The minimum absolute atomic E-state index is 0.0364. The maximum Gasteiger partial charge on any atom is 0.322 e. The Hall–Kier alpha value is -2.26. The summed E-state index contributed by atoms with van der Waals surface area (Å²) in [7, 11) is -2.91. The van der Waals surface area contributed by atoms with E-state index in [0.29, 0.717) is 5.75 Å². The van der Waals surface area contributed by atoms with Gasteiger partial charge in [0, 0.05) is 0 Å². The molecule has 0 spiro atoms. The SMILES string of the molecule is COc1ccc(S(=O)(=O)NC(C(=O)O)C(C)C)c(C(C)(C)C(=O)C=O)c1. The van der Waals surface area contributed by atoms with E-state index in [0.717, 1.165) is 0 Å². The van der Waals surface area contributed by atoms with E-state index in [9.17, 15) is 27.9 Å². The molecule has 0 fully saturated rings. The average Bonchev–Trinajstić information content (AvgIpc) is 2.57. The molecule has 0 bridgehead atoms. The number of aldehydes is 1. The van der Waals surface area contributed by atoms with Crippen molar-refractivity contribution in [2.45, 2.75) is 44.0 Å². The number of benzene rings is 1. The van der Waals surface area contributed by atoms with Crippen molar-refractivity contribution in [3.05, 3.63) is 23.8 Å². The molecule has 8 nitrogen and oxygen atoms in total. The van der Waals surface area contributed by atoms with E-state index in [-0.39, 0.29) is 16.7 Å². The van der Waals surface area contributed by atoms with Gasteiger partial charge in [0.2, 0.25) is 15.8 Å².